The van der Waals surface area contributed by atoms with Gasteiger partial charge in [-0.1, -0.05) is 0 Å². The van der Waals surface area contributed by atoms with E-state index in [1.807, 2.05) is 7.11 Å². The van der Waals surface area contributed by atoms with E-state index in [1.54, 1.807) is 0 Å². The Labute approximate surface area is 98.5 Å². The van der Waals surface area contributed by atoms with Crippen molar-refractivity contribution in [1.29, 1.82) is 0 Å². The van der Waals surface area contributed by atoms with E-state index >= 15 is 0 Å². The van der Waals surface area contributed by atoms with Crippen molar-refractivity contribution in [3.8, 4) is 0 Å². The second-order valence-electron chi connectivity index (χ2n) is 5.95. The lowest BCUT2D eigenvalue weighted by molar-refractivity contribution is -0.0434. The van der Waals surface area contributed by atoms with Crippen LogP contribution in [0.25, 0.3) is 0 Å². The molecule has 0 aromatic rings. The summed E-state index contributed by atoms with van der Waals surface area (Å²) in [7, 11) is 1.84. The molecule has 2 saturated heterocycles. The highest BCUT2D eigenvalue weighted by atomic mass is 16.5. The molecular weight excluding hydrogens is 200 g/mol. The zero-order valence-electron chi connectivity index (χ0n) is 10.4. The Bertz CT molecular complexity index is 234. The van der Waals surface area contributed by atoms with Crippen LogP contribution in [0.3, 0.4) is 0 Å². The van der Waals surface area contributed by atoms with E-state index in [9.17, 15) is 0 Å². The molecule has 2 aliphatic heterocycles. The molecular formula is C13H24N2O. The van der Waals surface area contributed by atoms with Gasteiger partial charge in [-0.15, -0.1) is 0 Å². The number of ether oxygens (including phenoxy) is 1. The topological polar surface area (TPSA) is 24.5 Å². The normalized spacial score (nSPS) is 38.8. The molecule has 0 bridgehead atoms. The molecule has 92 valence electrons. The third kappa shape index (κ3) is 1.89. The van der Waals surface area contributed by atoms with Crippen LogP contribution in [0.1, 0.15) is 32.1 Å². The minimum Gasteiger partial charge on any atom is -0.381 e. The van der Waals surface area contributed by atoms with Crippen molar-refractivity contribution in [3.05, 3.63) is 0 Å². The van der Waals surface area contributed by atoms with E-state index in [2.05, 4.69) is 10.2 Å². The summed E-state index contributed by atoms with van der Waals surface area (Å²) < 4.78 is 5.36. The predicted octanol–water partition coefficient (Wildman–Crippen LogP) is 1.24. The van der Waals surface area contributed by atoms with Crippen LogP contribution in [0.5, 0.6) is 0 Å². The highest BCUT2D eigenvalue weighted by Crippen LogP contribution is 2.39. The fraction of sp³-hybridized carbons (Fsp3) is 1.00. The molecule has 1 spiro atoms. The van der Waals surface area contributed by atoms with Crippen LogP contribution < -0.4 is 5.32 Å². The summed E-state index contributed by atoms with van der Waals surface area (Å²) in [6.45, 7) is 5.16. The highest BCUT2D eigenvalue weighted by molar-refractivity contribution is 4.96. The molecule has 1 aliphatic carbocycles. The molecule has 0 radical (unpaired) electrons. The van der Waals surface area contributed by atoms with Crippen LogP contribution in [0, 0.1) is 5.41 Å². The molecule has 0 aromatic carbocycles. The number of hydrogen-bond acceptors (Lipinski definition) is 3. The zero-order chi connectivity index (χ0) is 11.0. The Morgan fingerprint density at radius 3 is 2.50 bits per heavy atom. The number of nitrogens with zero attached hydrogens (tertiary/aromatic N) is 1. The van der Waals surface area contributed by atoms with Gasteiger partial charge in [-0.3, -0.25) is 0 Å². The van der Waals surface area contributed by atoms with Gasteiger partial charge in [0.2, 0.25) is 0 Å². The first-order chi connectivity index (χ1) is 7.81. The monoisotopic (exact) mass is 224 g/mol. The van der Waals surface area contributed by atoms with Gasteiger partial charge in [0.15, 0.2) is 0 Å². The minimum absolute atomic E-state index is 0.550. The Morgan fingerprint density at radius 2 is 1.94 bits per heavy atom. The molecule has 1 saturated carbocycles. The van der Waals surface area contributed by atoms with E-state index in [0.717, 1.165) is 6.04 Å². The van der Waals surface area contributed by atoms with Crippen LogP contribution in [0.4, 0.5) is 0 Å². The first kappa shape index (κ1) is 11.0. The Kier molecular flexibility index (Phi) is 2.94. The molecule has 0 atom stereocenters. The number of hydrogen-bond donors (Lipinski definition) is 1. The quantitative estimate of drug-likeness (QED) is 0.764. The SMILES string of the molecule is CO[C@H]1C[C@H](N2CCC3(CCNC3)CC2)C1. The minimum atomic E-state index is 0.550. The lowest BCUT2D eigenvalue weighted by Crippen LogP contribution is -2.52. The summed E-state index contributed by atoms with van der Waals surface area (Å²) in [5.74, 6) is 0. The summed E-state index contributed by atoms with van der Waals surface area (Å²) in [5.41, 5.74) is 0.668. The van der Waals surface area contributed by atoms with E-state index in [4.69, 9.17) is 4.74 Å². The summed E-state index contributed by atoms with van der Waals surface area (Å²) in [6, 6.07) is 0.830. The lowest BCUT2D eigenvalue weighted by Gasteiger charge is -2.47. The van der Waals surface area contributed by atoms with E-state index < -0.39 is 0 Å². The van der Waals surface area contributed by atoms with Crippen LogP contribution in [-0.4, -0.2) is 50.3 Å². The average Bonchev–Trinajstić information content (AvgIpc) is 2.68. The Hall–Kier alpha value is -0.120. The summed E-state index contributed by atoms with van der Waals surface area (Å²) in [4.78, 5) is 2.71. The van der Waals surface area contributed by atoms with Gasteiger partial charge in [0.1, 0.15) is 0 Å². The third-order valence-electron chi connectivity index (χ3n) is 5.11. The van der Waals surface area contributed by atoms with Crippen LogP contribution >= 0.6 is 0 Å². The van der Waals surface area contributed by atoms with Crippen molar-refractivity contribution in [3.63, 3.8) is 0 Å². The van der Waals surface area contributed by atoms with E-state index in [1.165, 1.54) is 58.3 Å². The lowest BCUT2D eigenvalue weighted by atomic mass is 9.76. The van der Waals surface area contributed by atoms with Crippen LogP contribution in [-0.2, 0) is 4.74 Å². The number of rotatable bonds is 2. The number of likely N-dealkylation sites (tertiary alicyclic amines) is 1. The molecule has 16 heavy (non-hydrogen) atoms. The number of piperidine rings is 1. The largest absolute Gasteiger partial charge is 0.381 e. The molecule has 3 fully saturated rings. The summed E-state index contributed by atoms with van der Waals surface area (Å²) in [6.07, 6.45) is 7.31. The maximum Gasteiger partial charge on any atom is 0.0601 e. The Morgan fingerprint density at radius 1 is 1.19 bits per heavy atom. The molecule has 2 heterocycles. The average molecular weight is 224 g/mol. The van der Waals surface area contributed by atoms with E-state index in [-0.39, 0.29) is 0 Å². The summed E-state index contributed by atoms with van der Waals surface area (Å²) in [5, 5.41) is 3.53. The van der Waals surface area contributed by atoms with Crippen LogP contribution in [0.15, 0.2) is 0 Å². The van der Waals surface area contributed by atoms with Gasteiger partial charge in [0.05, 0.1) is 6.10 Å². The standard InChI is InChI=1S/C13H24N2O/c1-16-12-8-11(9-12)15-6-3-13(4-7-15)2-5-14-10-13/h11-12,14H,2-10H2,1H3/t11-,12-. The van der Waals surface area contributed by atoms with Gasteiger partial charge >= 0.3 is 0 Å². The van der Waals surface area contributed by atoms with Crippen molar-refractivity contribution in [2.45, 2.75) is 44.2 Å². The fourth-order valence-corrected chi connectivity index (χ4v) is 3.61. The van der Waals surface area contributed by atoms with Gasteiger partial charge in [-0.25, -0.2) is 0 Å². The third-order valence-corrected chi connectivity index (χ3v) is 5.11. The first-order valence-corrected chi connectivity index (χ1v) is 6.79. The molecule has 0 amide bonds. The number of methoxy groups -OCH3 is 1. The Balaban J connectivity index is 1.48. The van der Waals surface area contributed by atoms with Crippen molar-refractivity contribution < 1.29 is 4.74 Å². The van der Waals surface area contributed by atoms with Gasteiger partial charge in [0.25, 0.3) is 0 Å². The number of nitrogens with one attached hydrogen (secondary N) is 1. The van der Waals surface area contributed by atoms with Gasteiger partial charge in [-0.05, 0) is 57.2 Å². The molecule has 3 heteroatoms. The van der Waals surface area contributed by atoms with Crippen molar-refractivity contribution >= 4 is 0 Å². The molecule has 3 rings (SSSR count). The maximum atomic E-state index is 5.36. The second-order valence-corrected chi connectivity index (χ2v) is 5.95. The van der Waals surface area contributed by atoms with Gasteiger partial charge < -0.3 is 15.0 Å². The second kappa shape index (κ2) is 4.28. The first-order valence-electron chi connectivity index (χ1n) is 6.79. The molecule has 1 N–H and O–H groups in total. The van der Waals surface area contributed by atoms with Crippen molar-refractivity contribution in [1.82, 2.24) is 10.2 Å². The zero-order valence-corrected chi connectivity index (χ0v) is 10.4. The maximum absolute atomic E-state index is 5.36. The predicted molar refractivity (Wildman–Crippen MR) is 64.5 cm³/mol. The molecule has 3 aliphatic rings. The molecule has 3 nitrogen and oxygen atoms in total. The van der Waals surface area contributed by atoms with Gasteiger partial charge in [-0.2, -0.15) is 0 Å². The smallest absolute Gasteiger partial charge is 0.0601 e. The fourth-order valence-electron chi connectivity index (χ4n) is 3.61. The van der Waals surface area contributed by atoms with Crippen molar-refractivity contribution in [2.75, 3.05) is 33.3 Å². The summed E-state index contributed by atoms with van der Waals surface area (Å²) >= 11 is 0. The molecule has 0 unspecified atom stereocenters. The molecule has 0 aromatic heterocycles. The van der Waals surface area contributed by atoms with E-state index in [0.29, 0.717) is 11.5 Å². The van der Waals surface area contributed by atoms with Crippen molar-refractivity contribution in [2.24, 2.45) is 5.41 Å². The highest BCUT2D eigenvalue weighted by Gasteiger charge is 2.41. The van der Waals surface area contributed by atoms with Crippen LogP contribution in [0.2, 0.25) is 0 Å². The van der Waals surface area contributed by atoms with Gasteiger partial charge in [0, 0.05) is 19.7 Å².